The highest BCUT2D eigenvalue weighted by Crippen LogP contribution is 2.25. The fourth-order valence-corrected chi connectivity index (χ4v) is 3.83. The molecule has 0 aliphatic carbocycles. The molecule has 4 rings (SSSR count). The summed E-state index contributed by atoms with van der Waals surface area (Å²) in [5.74, 6) is 0. The lowest BCUT2D eigenvalue weighted by Gasteiger charge is -2.09. The molecule has 0 saturated carbocycles. The molecule has 0 bridgehead atoms. The maximum atomic E-state index is 3.48. The lowest BCUT2D eigenvalue weighted by Crippen LogP contribution is -1.88. The van der Waals surface area contributed by atoms with Gasteiger partial charge >= 0.3 is 0 Å². The summed E-state index contributed by atoms with van der Waals surface area (Å²) in [6.07, 6.45) is 10.8. The molecule has 0 spiro atoms. The van der Waals surface area contributed by atoms with Crippen molar-refractivity contribution >= 4 is 39.7 Å². The van der Waals surface area contributed by atoms with E-state index in [4.69, 9.17) is 0 Å². The van der Waals surface area contributed by atoms with E-state index in [1.54, 1.807) is 0 Å². The molecule has 4 aromatic carbocycles. The average molecular weight is 491 g/mol. The van der Waals surface area contributed by atoms with Crippen LogP contribution in [0, 0.1) is 13.8 Å². The van der Waals surface area contributed by atoms with Crippen LogP contribution >= 0.6 is 15.9 Å². The highest BCUT2D eigenvalue weighted by molar-refractivity contribution is 9.10. The van der Waals surface area contributed by atoms with E-state index < -0.39 is 0 Å². The lowest BCUT2D eigenvalue weighted by atomic mass is 9.96. The summed E-state index contributed by atoms with van der Waals surface area (Å²) in [5, 5.41) is 0. The maximum Gasteiger partial charge on any atom is 0.0175 e. The van der Waals surface area contributed by atoms with Gasteiger partial charge in [0.25, 0.3) is 0 Å². The molecule has 0 aliphatic rings. The molecular formula is C32H27Br. The molecule has 0 saturated heterocycles. The van der Waals surface area contributed by atoms with Crippen molar-refractivity contribution in [2.45, 2.75) is 13.8 Å². The Morgan fingerprint density at radius 1 is 0.515 bits per heavy atom. The van der Waals surface area contributed by atoms with Crippen molar-refractivity contribution in [3.05, 3.63) is 153 Å². The Morgan fingerprint density at radius 3 is 1.36 bits per heavy atom. The molecule has 0 radical (unpaired) electrons. The topological polar surface area (TPSA) is 0 Å². The van der Waals surface area contributed by atoms with Gasteiger partial charge in [-0.25, -0.2) is 0 Å². The van der Waals surface area contributed by atoms with Crippen molar-refractivity contribution in [1.82, 2.24) is 0 Å². The molecule has 33 heavy (non-hydrogen) atoms. The van der Waals surface area contributed by atoms with E-state index in [-0.39, 0.29) is 0 Å². The van der Waals surface area contributed by atoms with Gasteiger partial charge in [-0.2, -0.15) is 0 Å². The normalized spacial score (nSPS) is 11.2. The summed E-state index contributed by atoms with van der Waals surface area (Å²) < 4.78 is 1.10. The highest BCUT2D eigenvalue weighted by atomic mass is 79.9. The van der Waals surface area contributed by atoms with E-state index in [1.165, 1.54) is 44.5 Å². The second-order valence-electron chi connectivity index (χ2n) is 8.22. The zero-order chi connectivity index (χ0) is 23.0. The zero-order valence-corrected chi connectivity index (χ0v) is 20.6. The smallest absolute Gasteiger partial charge is 0.0175 e. The van der Waals surface area contributed by atoms with Gasteiger partial charge in [0, 0.05) is 4.47 Å². The minimum absolute atomic E-state index is 1.10. The molecule has 0 amide bonds. The van der Waals surface area contributed by atoms with Gasteiger partial charge in [-0.1, -0.05) is 142 Å². The van der Waals surface area contributed by atoms with E-state index in [0.29, 0.717) is 0 Å². The first kappa shape index (κ1) is 22.8. The summed E-state index contributed by atoms with van der Waals surface area (Å²) in [6, 6.07) is 34.4. The first-order valence-corrected chi connectivity index (χ1v) is 11.9. The van der Waals surface area contributed by atoms with Crippen molar-refractivity contribution in [1.29, 1.82) is 0 Å². The SMILES string of the molecule is Cc1ccc(C(=CC=Cc2ccc(C=Cc3ccc(Br)cc3)cc2)c2ccc(C)cc2)cc1. The summed E-state index contributed by atoms with van der Waals surface area (Å²) in [7, 11) is 0. The molecule has 0 N–H and O–H groups in total. The molecular weight excluding hydrogens is 464 g/mol. The van der Waals surface area contributed by atoms with Gasteiger partial charge in [-0.05, 0) is 59.4 Å². The molecule has 162 valence electrons. The van der Waals surface area contributed by atoms with Gasteiger partial charge in [-0.15, -0.1) is 0 Å². The number of allylic oxidation sites excluding steroid dienone is 2. The van der Waals surface area contributed by atoms with Gasteiger partial charge in [0.05, 0.1) is 0 Å². The molecule has 0 heterocycles. The molecule has 1 heteroatoms. The number of hydrogen-bond acceptors (Lipinski definition) is 0. The van der Waals surface area contributed by atoms with Crippen LogP contribution in [0.3, 0.4) is 0 Å². The van der Waals surface area contributed by atoms with Crippen LogP contribution in [0.5, 0.6) is 0 Å². The summed E-state index contributed by atoms with van der Waals surface area (Å²) in [5.41, 5.74) is 9.76. The molecule has 0 aromatic heterocycles. The molecule has 0 nitrogen and oxygen atoms in total. The Hall–Kier alpha value is -3.42. The Labute approximate surface area is 205 Å². The van der Waals surface area contributed by atoms with Crippen LogP contribution in [0.4, 0.5) is 0 Å². The van der Waals surface area contributed by atoms with Crippen LogP contribution in [0.1, 0.15) is 38.9 Å². The highest BCUT2D eigenvalue weighted by Gasteiger charge is 2.04. The fraction of sp³-hybridized carbons (Fsp3) is 0.0625. The van der Waals surface area contributed by atoms with Crippen molar-refractivity contribution in [2.75, 3.05) is 0 Å². The minimum Gasteiger partial charge on any atom is -0.0610 e. The second-order valence-corrected chi connectivity index (χ2v) is 9.14. The van der Waals surface area contributed by atoms with Crippen LogP contribution in [-0.4, -0.2) is 0 Å². The number of hydrogen-bond donors (Lipinski definition) is 0. The van der Waals surface area contributed by atoms with E-state index in [2.05, 4.69) is 157 Å². The first-order valence-electron chi connectivity index (χ1n) is 11.1. The fourth-order valence-electron chi connectivity index (χ4n) is 3.57. The largest absolute Gasteiger partial charge is 0.0610 e. The van der Waals surface area contributed by atoms with Crippen molar-refractivity contribution in [3.63, 3.8) is 0 Å². The summed E-state index contributed by atoms with van der Waals surface area (Å²) in [4.78, 5) is 0. The Balaban J connectivity index is 1.52. The first-order chi connectivity index (χ1) is 16.1. The molecule has 0 unspecified atom stereocenters. The number of aryl methyl sites for hydroxylation is 2. The van der Waals surface area contributed by atoms with Gasteiger partial charge in [-0.3, -0.25) is 0 Å². The van der Waals surface area contributed by atoms with E-state index in [0.717, 1.165) is 4.47 Å². The number of benzene rings is 4. The van der Waals surface area contributed by atoms with Gasteiger partial charge in [0.15, 0.2) is 0 Å². The third-order valence-electron chi connectivity index (χ3n) is 5.55. The maximum absolute atomic E-state index is 3.48. The Kier molecular flexibility index (Phi) is 7.55. The predicted octanol–water partition coefficient (Wildman–Crippen LogP) is 9.38. The third kappa shape index (κ3) is 6.54. The van der Waals surface area contributed by atoms with E-state index in [9.17, 15) is 0 Å². The van der Waals surface area contributed by atoms with Gasteiger partial charge < -0.3 is 0 Å². The lowest BCUT2D eigenvalue weighted by molar-refractivity contribution is 1.43. The van der Waals surface area contributed by atoms with Crippen molar-refractivity contribution in [2.24, 2.45) is 0 Å². The standard InChI is InChI=1S/C32H27Br/c1-24-6-18-29(19-7-24)32(30-20-8-25(2)9-21-30)5-3-4-26-10-12-27(13-11-26)14-15-28-16-22-31(33)23-17-28/h3-23H,1-2H3. The summed E-state index contributed by atoms with van der Waals surface area (Å²) >= 11 is 3.48. The van der Waals surface area contributed by atoms with Crippen LogP contribution in [-0.2, 0) is 0 Å². The average Bonchev–Trinajstić information content (AvgIpc) is 2.84. The molecule has 0 fully saturated rings. The van der Waals surface area contributed by atoms with Gasteiger partial charge in [0.1, 0.15) is 0 Å². The Bertz CT molecular complexity index is 1220. The number of rotatable bonds is 6. The van der Waals surface area contributed by atoms with Crippen LogP contribution < -0.4 is 0 Å². The quantitative estimate of drug-likeness (QED) is 0.186. The molecule has 4 aromatic rings. The Morgan fingerprint density at radius 2 is 0.909 bits per heavy atom. The van der Waals surface area contributed by atoms with Crippen LogP contribution in [0.2, 0.25) is 0 Å². The second kappa shape index (κ2) is 10.9. The third-order valence-corrected chi connectivity index (χ3v) is 6.08. The van der Waals surface area contributed by atoms with Crippen molar-refractivity contribution < 1.29 is 0 Å². The van der Waals surface area contributed by atoms with Crippen molar-refractivity contribution in [3.8, 4) is 0 Å². The molecule has 0 aliphatic heterocycles. The van der Waals surface area contributed by atoms with Crippen LogP contribution in [0.15, 0.2) is 114 Å². The monoisotopic (exact) mass is 490 g/mol. The minimum atomic E-state index is 1.10. The zero-order valence-electron chi connectivity index (χ0n) is 19.0. The predicted molar refractivity (Wildman–Crippen MR) is 148 cm³/mol. The number of halogens is 1. The van der Waals surface area contributed by atoms with Crippen LogP contribution in [0.25, 0.3) is 23.8 Å². The van der Waals surface area contributed by atoms with E-state index >= 15 is 0 Å². The summed E-state index contributed by atoms with van der Waals surface area (Å²) in [6.45, 7) is 4.24. The molecule has 0 atom stereocenters. The van der Waals surface area contributed by atoms with E-state index in [1.807, 2.05) is 0 Å². The van der Waals surface area contributed by atoms with Gasteiger partial charge in [0.2, 0.25) is 0 Å².